The zero-order valence-electron chi connectivity index (χ0n) is 22.5. The number of pyridine rings is 1. The number of nitrogens with two attached hydrogens (primary N) is 1. The fourth-order valence-electron chi connectivity index (χ4n) is 4.63. The Labute approximate surface area is 239 Å². The Bertz CT molecular complexity index is 1680. The number of halogens is 2. The number of hydrogen-bond acceptors (Lipinski definition) is 7. The number of nitrogens with zero attached hydrogens (tertiary/aromatic N) is 2. The molecule has 5 rings (SSSR count). The molecule has 1 amide bonds. The van der Waals surface area contributed by atoms with Crippen molar-refractivity contribution in [2.45, 2.75) is 26.0 Å². The van der Waals surface area contributed by atoms with Crippen molar-refractivity contribution in [2.75, 3.05) is 13.1 Å². The summed E-state index contributed by atoms with van der Waals surface area (Å²) < 4.78 is 42.9. The molecule has 1 aliphatic heterocycles. The predicted molar refractivity (Wildman–Crippen MR) is 149 cm³/mol. The van der Waals surface area contributed by atoms with E-state index in [1.54, 1.807) is 19.1 Å². The minimum Gasteiger partial charge on any atom is -0.478 e. The first kappa shape index (κ1) is 28.7. The normalized spacial score (nSPS) is 14.6. The standard InChI is InChI=1S/C31H27F2N3O6/c1-17-8-9-23(31(39)40)24(12-17)42-29-27(33)25(30(38)36-11-10-21(37)16-36)26(32)28(35-29)41-22-7-3-6-20(14-22)19-5-2-4-18(13-19)15-34/h2-9,12-14,21,37H,10-11,15-16,34H2,1H3,(H,39,40). The molecule has 42 heavy (non-hydrogen) atoms. The number of aromatic carboxylic acids is 1. The highest BCUT2D eigenvalue weighted by atomic mass is 19.1. The van der Waals surface area contributed by atoms with Crippen LogP contribution >= 0.6 is 0 Å². The Kier molecular flexibility index (Phi) is 8.14. The molecule has 216 valence electrons. The summed E-state index contributed by atoms with van der Waals surface area (Å²) in [6.07, 6.45) is -0.588. The van der Waals surface area contributed by atoms with E-state index in [-0.39, 0.29) is 36.6 Å². The van der Waals surface area contributed by atoms with Gasteiger partial charge in [0.2, 0.25) is 11.6 Å². The molecule has 1 aliphatic rings. The van der Waals surface area contributed by atoms with Crippen LogP contribution in [0.25, 0.3) is 11.1 Å². The lowest BCUT2D eigenvalue weighted by molar-refractivity contribution is 0.0692. The van der Waals surface area contributed by atoms with Gasteiger partial charge in [-0.25, -0.2) is 4.79 Å². The number of likely N-dealkylation sites (tertiary alicyclic amines) is 1. The number of aliphatic hydroxyl groups is 1. The number of amides is 1. The molecule has 1 unspecified atom stereocenters. The number of ether oxygens (including phenoxy) is 2. The van der Waals surface area contributed by atoms with E-state index in [0.29, 0.717) is 12.1 Å². The van der Waals surface area contributed by atoms with Gasteiger partial charge in [-0.1, -0.05) is 36.4 Å². The van der Waals surface area contributed by atoms with E-state index in [9.17, 15) is 19.8 Å². The largest absolute Gasteiger partial charge is 0.478 e. The topological polar surface area (TPSA) is 135 Å². The van der Waals surface area contributed by atoms with Crippen molar-refractivity contribution in [1.82, 2.24) is 9.88 Å². The number of aromatic nitrogens is 1. The number of benzene rings is 3. The van der Waals surface area contributed by atoms with Crippen LogP contribution in [0.15, 0.2) is 66.7 Å². The molecule has 0 aliphatic carbocycles. The second-order valence-electron chi connectivity index (χ2n) is 9.86. The van der Waals surface area contributed by atoms with Gasteiger partial charge in [-0.3, -0.25) is 4.79 Å². The maximum Gasteiger partial charge on any atom is 0.339 e. The van der Waals surface area contributed by atoms with Gasteiger partial charge in [-0.05, 0) is 65.9 Å². The molecule has 2 heterocycles. The van der Waals surface area contributed by atoms with Crippen LogP contribution in [0.1, 0.15) is 38.3 Å². The van der Waals surface area contributed by atoms with Gasteiger partial charge in [0.15, 0.2) is 0 Å². The minimum absolute atomic E-state index is 0.0819. The molecule has 1 atom stereocenters. The molecule has 0 spiro atoms. The van der Waals surface area contributed by atoms with Crippen molar-refractivity contribution < 1.29 is 38.1 Å². The SMILES string of the molecule is Cc1ccc(C(=O)O)c(Oc2nc(Oc3cccc(-c4cccc(CN)c4)c3)c(F)c(C(=O)N3CCC(O)C3)c2F)c1. The van der Waals surface area contributed by atoms with E-state index in [1.165, 1.54) is 24.3 Å². The van der Waals surface area contributed by atoms with Crippen LogP contribution in [0, 0.1) is 18.6 Å². The van der Waals surface area contributed by atoms with Crippen molar-refractivity contribution >= 4 is 11.9 Å². The van der Waals surface area contributed by atoms with Crippen molar-refractivity contribution in [2.24, 2.45) is 5.73 Å². The van der Waals surface area contributed by atoms with Gasteiger partial charge in [0.1, 0.15) is 22.6 Å². The summed E-state index contributed by atoms with van der Waals surface area (Å²) in [5.74, 6) is -6.92. The van der Waals surface area contributed by atoms with E-state index in [1.807, 2.05) is 30.3 Å². The van der Waals surface area contributed by atoms with E-state index in [4.69, 9.17) is 15.2 Å². The molecule has 4 N–H and O–H groups in total. The van der Waals surface area contributed by atoms with Crippen molar-refractivity contribution in [3.05, 3.63) is 101 Å². The van der Waals surface area contributed by atoms with Crippen LogP contribution in [0.2, 0.25) is 0 Å². The third-order valence-corrected chi connectivity index (χ3v) is 6.80. The van der Waals surface area contributed by atoms with Crippen molar-refractivity contribution in [1.29, 1.82) is 0 Å². The third kappa shape index (κ3) is 5.92. The van der Waals surface area contributed by atoms with Gasteiger partial charge in [0, 0.05) is 19.6 Å². The van der Waals surface area contributed by atoms with Gasteiger partial charge in [-0.15, -0.1) is 0 Å². The number of aliphatic hydroxyl groups excluding tert-OH is 1. The number of β-amino-alcohol motifs (C(OH)–C–C–N with tert-alkyl or cyclic N) is 1. The predicted octanol–water partition coefficient (Wildman–Crippen LogP) is 5.28. The lowest BCUT2D eigenvalue weighted by atomic mass is 10.0. The summed E-state index contributed by atoms with van der Waals surface area (Å²) in [7, 11) is 0. The van der Waals surface area contributed by atoms with Gasteiger partial charge < -0.3 is 30.3 Å². The first-order valence-corrected chi connectivity index (χ1v) is 13.1. The third-order valence-electron chi connectivity index (χ3n) is 6.80. The molecule has 3 aromatic carbocycles. The zero-order valence-corrected chi connectivity index (χ0v) is 22.5. The fraction of sp³-hybridized carbons (Fsp3) is 0.194. The highest BCUT2D eigenvalue weighted by molar-refractivity contribution is 5.96. The average Bonchev–Trinajstić information content (AvgIpc) is 3.42. The summed E-state index contributed by atoms with van der Waals surface area (Å²) >= 11 is 0. The second-order valence-corrected chi connectivity index (χ2v) is 9.86. The number of hydrogen-bond donors (Lipinski definition) is 3. The van der Waals surface area contributed by atoms with E-state index in [0.717, 1.165) is 21.6 Å². The van der Waals surface area contributed by atoms with Gasteiger partial charge in [0.05, 0.1) is 6.10 Å². The van der Waals surface area contributed by atoms with Gasteiger partial charge in [-0.2, -0.15) is 13.8 Å². The van der Waals surface area contributed by atoms with Crippen molar-refractivity contribution in [3.8, 4) is 34.4 Å². The number of aryl methyl sites for hydroxylation is 1. The number of carboxylic acid groups (broad SMARTS) is 1. The maximum atomic E-state index is 15.8. The van der Waals surface area contributed by atoms with E-state index in [2.05, 4.69) is 4.98 Å². The summed E-state index contributed by atoms with van der Waals surface area (Å²) in [5.41, 5.74) is 7.51. The molecule has 1 fully saturated rings. The average molecular weight is 576 g/mol. The van der Waals surface area contributed by atoms with Gasteiger partial charge in [0.25, 0.3) is 17.7 Å². The molecule has 1 aromatic heterocycles. The van der Waals surface area contributed by atoms with Crippen LogP contribution in [-0.4, -0.2) is 51.2 Å². The molecule has 0 saturated carbocycles. The molecule has 0 bridgehead atoms. The highest BCUT2D eigenvalue weighted by Gasteiger charge is 2.34. The van der Waals surface area contributed by atoms with Crippen molar-refractivity contribution in [3.63, 3.8) is 0 Å². The Balaban J connectivity index is 1.59. The molecule has 1 saturated heterocycles. The minimum atomic E-state index is -1.43. The second kappa shape index (κ2) is 11.9. The van der Waals surface area contributed by atoms with E-state index < -0.39 is 46.9 Å². The lowest BCUT2D eigenvalue weighted by Crippen LogP contribution is -2.31. The molecule has 11 heteroatoms. The summed E-state index contributed by atoms with van der Waals surface area (Å²) in [6, 6.07) is 18.3. The molecular weight excluding hydrogens is 548 g/mol. The zero-order chi connectivity index (χ0) is 30.0. The Morgan fingerprint density at radius 2 is 1.69 bits per heavy atom. The summed E-state index contributed by atoms with van der Waals surface area (Å²) in [6.45, 7) is 1.98. The van der Waals surface area contributed by atoms with Crippen LogP contribution in [0.5, 0.6) is 23.3 Å². The smallest absolute Gasteiger partial charge is 0.339 e. The van der Waals surface area contributed by atoms with Crippen LogP contribution in [0.4, 0.5) is 8.78 Å². The van der Waals surface area contributed by atoms with E-state index >= 15 is 8.78 Å². The fourth-order valence-corrected chi connectivity index (χ4v) is 4.63. The Morgan fingerprint density at radius 1 is 1.00 bits per heavy atom. The maximum absolute atomic E-state index is 15.8. The van der Waals surface area contributed by atoms with Crippen LogP contribution < -0.4 is 15.2 Å². The highest BCUT2D eigenvalue weighted by Crippen LogP contribution is 2.36. The monoisotopic (exact) mass is 575 g/mol. The Hall–Kier alpha value is -4.87. The van der Waals surface area contributed by atoms with Crippen LogP contribution in [0.3, 0.4) is 0 Å². The summed E-state index contributed by atoms with van der Waals surface area (Å²) in [4.78, 5) is 30.0. The molecule has 9 nitrogen and oxygen atoms in total. The first-order valence-electron chi connectivity index (χ1n) is 13.1. The van der Waals surface area contributed by atoms with Gasteiger partial charge >= 0.3 is 5.97 Å². The summed E-state index contributed by atoms with van der Waals surface area (Å²) in [5, 5.41) is 19.5. The van der Waals surface area contributed by atoms with Crippen LogP contribution in [-0.2, 0) is 6.54 Å². The quantitative estimate of drug-likeness (QED) is 0.258. The number of carboxylic acids is 1. The number of carbonyl (C=O) groups is 2. The number of carbonyl (C=O) groups excluding carboxylic acids is 1. The molecular formula is C31H27F2N3O6. The Morgan fingerprint density at radius 3 is 2.36 bits per heavy atom. The molecule has 0 radical (unpaired) electrons. The lowest BCUT2D eigenvalue weighted by Gasteiger charge is -2.19. The first-order chi connectivity index (χ1) is 20.1. The molecule has 4 aromatic rings. The number of rotatable bonds is 8.